The fraction of sp³-hybridized carbons (Fsp3) is 0.200. The second kappa shape index (κ2) is 2.73. The highest BCUT2D eigenvalue weighted by molar-refractivity contribution is 6.03. The van der Waals surface area contributed by atoms with Crippen molar-refractivity contribution in [3.05, 3.63) is 11.8 Å². The van der Waals surface area contributed by atoms with E-state index in [0.29, 0.717) is 0 Å². The molecule has 5 nitrogen and oxygen atoms in total. The first-order valence-electron chi connectivity index (χ1n) is 2.96. The van der Waals surface area contributed by atoms with E-state index in [1.54, 1.807) is 0 Å². The second-order valence-corrected chi connectivity index (χ2v) is 2.13. The van der Waals surface area contributed by atoms with Crippen LogP contribution in [0.3, 0.4) is 0 Å². The average Bonchev–Trinajstić information content (AvgIpc) is 1.94. The Morgan fingerprint density at radius 1 is 1.38 bits per heavy atom. The molecule has 0 bridgehead atoms. The molecule has 0 aromatic carbocycles. The number of nitrogens with zero attached hydrogens (tertiary/aromatic N) is 2. The predicted octanol–water partition coefficient (Wildman–Crippen LogP) is -0.127. The van der Waals surface area contributed by atoms with Crippen molar-refractivity contribution in [1.82, 2.24) is 10.3 Å². The van der Waals surface area contributed by atoms with Crippen molar-refractivity contribution in [2.75, 3.05) is 0 Å². The Bertz CT molecular complexity index is 296. The van der Waals surface area contributed by atoms with Crippen LogP contribution in [0.5, 0.6) is 0 Å². The number of nitrogens with two attached hydrogens (primary N) is 1. The molecule has 1 rings (SSSR count). The molecule has 1 aliphatic heterocycles. The standard InChI is InChI=1S/C5H3F3N3O2/c6-5(7,8)2-1-3(12)10-4(13)11(2)9/h1H,9H2. The van der Waals surface area contributed by atoms with E-state index in [9.17, 15) is 22.8 Å². The zero-order valence-electron chi connectivity index (χ0n) is 6.00. The maximum absolute atomic E-state index is 12.0. The van der Waals surface area contributed by atoms with E-state index < -0.39 is 23.8 Å². The van der Waals surface area contributed by atoms with Gasteiger partial charge in [0.05, 0.1) is 0 Å². The number of allylic oxidation sites excluding steroid dienone is 1. The number of imide groups is 1. The number of halogens is 3. The zero-order valence-corrected chi connectivity index (χ0v) is 6.00. The van der Waals surface area contributed by atoms with Gasteiger partial charge < -0.3 is 0 Å². The Labute approximate surface area is 69.9 Å². The number of alkyl halides is 3. The summed E-state index contributed by atoms with van der Waals surface area (Å²) in [6.45, 7) is 0. The second-order valence-electron chi connectivity index (χ2n) is 2.13. The van der Waals surface area contributed by atoms with Crippen LogP contribution in [0.2, 0.25) is 0 Å². The van der Waals surface area contributed by atoms with Crippen LogP contribution in [0.15, 0.2) is 11.8 Å². The zero-order chi connectivity index (χ0) is 10.2. The number of hydrogen-bond acceptors (Lipinski definition) is 3. The van der Waals surface area contributed by atoms with Gasteiger partial charge in [-0.15, -0.1) is 0 Å². The van der Waals surface area contributed by atoms with Gasteiger partial charge in [0.1, 0.15) is 5.70 Å². The Kier molecular flexibility index (Phi) is 2.00. The lowest BCUT2D eigenvalue weighted by Gasteiger charge is -2.23. The molecule has 0 unspecified atom stereocenters. The quantitative estimate of drug-likeness (QED) is 0.431. The van der Waals surface area contributed by atoms with Gasteiger partial charge in [-0.1, -0.05) is 0 Å². The highest BCUT2D eigenvalue weighted by atomic mass is 19.4. The Morgan fingerprint density at radius 3 is 2.38 bits per heavy atom. The third-order valence-corrected chi connectivity index (χ3v) is 1.22. The van der Waals surface area contributed by atoms with Gasteiger partial charge in [0.15, 0.2) is 0 Å². The van der Waals surface area contributed by atoms with E-state index in [1.165, 1.54) is 0 Å². The van der Waals surface area contributed by atoms with Gasteiger partial charge in [-0.2, -0.15) is 18.5 Å². The summed E-state index contributed by atoms with van der Waals surface area (Å²) in [6, 6.07) is -1.43. The lowest BCUT2D eigenvalue weighted by Crippen LogP contribution is -2.49. The number of amides is 3. The topological polar surface area (TPSA) is 77.5 Å². The first kappa shape index (κ1) is 9.52. The van der Waals surface area contributed by atoms with Crippen LogP contribution in [0.25, 0.3) is 0 Å². The van der Waals surface area contributed by atoms with Gasteiger partial charge in [-0.05, 0) is 0 Å². The Balaban J connectivity index is 3.07. The molecule has 0 saturated heterocycles. The number of hydrazine groups is 1. The lowest BCUT2D eigenvalue weighted by molar-refractivity contribution is -0.123. The average molecular weight is 194 g/mol. The monoisotopic (exact) mass is 194 g/mol. The van der Waals surface area contributed by atoms with Crippen molar-refractivity contribution < 1.29 is 22.8 Å². The molecule has 1 heterocycles. The van der Waals surface area contributed by atoms with Crippen LogP contribution in [-0.2, 0) is 4.79 Å². The van der Waals surface area contributed by atoms with Crippen LogP contribution < -0.4 is 11.2 Å². The van der Waals surface area contributed by atoms with E-state index >= 15 is 0 Å². The molecule has 1 aliphatic rings. The molecule has 8 heteroatoms. The van der Waals surface area contributed by atoms with Crippen LogP contribution >= 0.6 is 0 Å². The van der Waals surface area contributed by atoms with Crippen molar-refractivity contribution in [2.45, 2.75) is 6.18 Å². The number of urea groups is 1. The molecule has 71 valence electrons. The van der Waals surface area contributed by atoms with Crippen molar-refractivity contribution in [3.63, 3.8) is 0 Å². The van der Waals surface area contributed by atoms with Crippen molar-refractivity contribution in [2.24, 2.45) is 5.84 Å². The summed E-state index contributed by atoms with van der Waals surface area (Å²) in [4.78, 5) is 21.0. The normalized spacial score (nSPS) is 18.5. The van der Waals surface area contributed by atoms with Gasteiger partial charge >= 0.3 is 12.2 Å². The van der Waals surface area contributed by atoms with Crippen molar-refractivity contribution >= 4 is 11.9 Å². The maximum atomic E-state index is 12.0. The lowest BCUT2D eigenvalue weighted by atomic mass is 10.3. The van der Waals surface area contributed by atoms with Gasteiger partial charge in [-0.3, -0.25) is 4.79 Å². The SMILES string of the molecule is NN1C(=O)[N]C(=O)C=C1C(F)(F)F. The predicted molar refractivity (Wildman–Crippen MR) is 32.7 cm³/mol. The molecular weight excluding hydrogens is 191 g/mol. The molecule has 3 amide bonds. The summed E-state index contributed by atoms with van der Waals surface area (Å²) in [5.74, 6) is 3.46. The third kappa shape index (κ3) is 1.78. The minimum Gasteiger partial charge on any atom is -0.267 e. The molecule has 13 heavy (non-hydrogen) atoms. The molecule has 0 aromatic heterocycles. The molecule has 2 N–H and O–H groups in total. The number of carbonyl (C=O) groups is 2. The van der Waals surface area contributed by atoms with Gasteiger partial charge in [-0.25, -0.2) is 15.6 Å². The third-order valence-electron chi connectivity index (χ3n) is 1.22. The molecular formula is C5H3F3N3O2. The largest absolute Gasteiger partial charge is 0.433 e. The Hall–Kier alpha value is -1.57. The molecule has 0 spiro atoms. The van der Waals surface area contributed by atoms with Gasteiger partial charge in [0.25, 0.3) is 5.91 Å². The van der Waals surface area contributed by atoms with E-state index in [-0.39, 0.29) is 11.1 Å². The highest BCUT2D eigenvalue weighted by Gasteiger charge is 2.42. The smallest absolute Gasteiger partial charge is 0.267 e. The fourth-order valence-electron chi connectivity index (χ4n) is 0.688. The number of rotatable bonds is 0. The van der Waals surface area contributed by atoms with Crippen LogP contribution in [0, 0.1) is 0 Å². The minimum atomic E-state index is -4.84. The molecule has 0 aromatic rings. The highest BCUT2D eigenvalue weighted by Crippen LogP contribution is 2.28. The first-order valence-corrected chi connectivity index (χ1v) is 2.96. The summed E-state index contributed by atoms with van der Waals surface area (Å²) in [5.41, 5.74) is -1.52. The number of carbonyl (C=O) groups excluding carboxylic acids is 2. The van der Waals surface area contributed by atoms with Crippen LogP contribution in [-0.4, -0.2) is 23.1 Å². The fourth-order valence-corrected chi connectivity index (χ4v) is 0.688. The summed E-state index contributed by atoms with van der Waals surface area (Å²) in [7, 11) is 0. The van der Waals surface area contributed by atoms with E-state index in [4.69, 9.17) is 5.84 Å². The minimum absolute atomic E-state index is 0.154. The first-order chi connectivity index (χ1) is 5.82. The molecule has 0 saturated carbocycles. The summed E-state index contributed by atoms with van der Waals surface area (Å²) < 4.78 is 36.0. The van der Waals surface area contributed by atoms with Gasteiger partial charge in [0.2, 0.25) is 0 Å². The van der Waals surface area contributed by atoms with Crippen molar-refractivity contribution in [3.8, 4) is 0 Å². The molecule has 1 radical (unpaired) electrons. The summed E-state index contributed by atoms with van der Waals surface area (Å²) in [6.07, 6.45) is -4.68. The summed E-state index contributed by atoms with van der Waals surface area (Å²) in [5, 5.41) is 2.45. The molecule has 0 fully saturated rings. The number of hydrogen-bond donors (Lipinski definition) is 1. The maximum Gasteiger partial charge on any atom is 0.433 e. The van der Waals surface area contributed by atoms with E-state index in [2.05, 4.69) is 5.32 Å². The molecule has 0 aliphatic carbocycles. The van der Waals surface area contributed by atoms with Gasteiger partial charge in [0, 0.05) is 6.08 Å². The van der Waals surface area contributed by atoms with E-state index in [0.717, 1.165) is 0 Å². The summed E-state index contributed by atoms with van der Waals surface area (Å²) >= 11 is 0. The molecule has 0 atom stereocenters. The van der Waals surface area contributed by atoms with Crippen LogP contribution in [0.4, 0.5) is 18.0 Å². The van der Waals surface area contributed by atoms with Crippen LogP contribution in [0.1, 0.15) is 0 Å². The van der Waals surface area contributed by atoms with E-state index in [1.807, 2.05) is 0 Å². The van der Waals surface area contributed by atoms with Crippen molar-refractivity contribution in [1.29, 1.82) is 0 Å². The Morgan fingerprint density at radius 2 is 1.92 bits per heavy atom.